The summed E-state index contributed by atoms with van der Waals surface area (Å²) < 4.78 is 1.56. The molecule has 1 N–H and O–H groups in total. The number of benzene rings is 1. The van der Waals surface area contributed by atoms with Crippen molar-refractivity contribution >= 4 is 17.5 Å². The Kier molecular flexibility index (Phi) is 4.93. The van der Waals surface area contributed by atoms with E-state index in [2.05, 4.69) is 10.3 Å². The molecule has 0 aliphatic rings. The lowest BCUT2D eigenvalue weighted by molar-refractivity contribution is -0.128. The zero-order valence-electron chi connectivity index (χ0n) is 11.9. The van der Waals surface area contributed by atoms with Gasteiger partial charge in [-0.25, -0.2) is 4.68 Å². The van der Waals surface area contributed by atoms with Crippen molar-refractivity contribution in [1.29, 1.82) is 0 Å². The van der Waals surface area contributed by atoms with Crippen LogP contribution in [0.4, 0.5) is 0 Å². The highest BCUT2D eigenvalue weighted by Crippen LogP contribution is 2.17. The number of aliphatic hydroxyl groups is 1. The van der Waals surface area contributed by atoms with Crippen LogP contribution in [0.2, 0.25) is 5.02 Å². The van der Waals surface area contributed by atoms with E-state index in [9.17, 15) is 9.90 Å². The van der Waals surface area contributed by atoms with Crippen LogP contribution in [0.25, 0.3) is 0 Å². The summed E-state index contributed by atoms with van der Waals surface area (Å²) in [6, 6.07) is 7.01. The van der Waals surface area contributed by atoms with Gasteiger partial charge in [0.15, 0.2) is 0 Å². The predicted molar refractivity (Wildman–Crippen MR) is 78.6 cm³/mol. The molecule has 0 spiro atoms. The number of carbonyl (C=O) groups is 1. The third kappa shape index (κ3) is 4.27. The maximum atomic E-state index is 11.2. The maximum Gasteiger partial charge on any atom is 0.219 e. The molecule has 1 aromatic carbocycles. The number of rotatable bonds is 5. The second-order valence-corrected chi connectivity index (χ2v) is 5.31. The minimum absolute atomic E-state index is 0.0363. The third-order valence-corrected chi connectivity index (χ3v) is 3.39. The van der Waals surface area contributed by atoms with Gasteiger partial charge < -0.3 is 10.0 Å². The molecule has 1 heterocycles. The van der Waals surface area contributed by atoms with Gasteiger partial charge in [0.25, 0.3) is 0 Å². The fraction of sp³-hybridized carbons (Fsp3) is 0.357. The van der Waals surface area contributed by atoms with E-state index in [4.69, 9.17) is 11.6 Å². The van der Waals surface area contributed by atoms with E-state index in [0.717, 1.165) is 5.56 Å². The second kappa shape index (κ2) is 6.69. The molecular weight excluding hydrogens is 292 g/mol. The van der Waals surface area contributed by atoms with Crippen molar-refractivity contribution in [2.45, 2.75) is 26.1 Å². The van der Waals surface area contributed by atoms with Crippen molar-refractivity contribution in [1.82, 2.24) is 19.9 Å². The van der Waals surface area contributed by atoms with Crippen LogP contribution >= 0.6 is 11.6 Å². The maximum absolute atomic E-state index is 11.2. The molecule has 112 valence electrons. The van der Waals surface area contributed by atoms with Gasteiger partial charge in [0, 0.05) is 19.0 Å². The molecule has 1 amide bonds. The van der Waals surface area contributed by atoms with Gasteiger partial charge in [-0.1, -0.05) is 28.9 Å². The molecule has 1 atom stereocenters. The first-order chi connectivity index (χ1) is 9.95. The van der Waals surface area contributed by atoms with E-state index in [0.29, 0.717) is 23.8 Å². The Balaban J connectivity index is 1.98. The summed E-state index contributed by atoms with van der Waals surface area (Å²) in [5.41, 5.74) is 1.44. The number of hydrogen-bond acceptors (Lipinski definition) is 4. The molecule has 0 aliphatic carbocycles. The van der Waals surface area contributed by atoms with Gasteiger partial charge in [0.2, 0.25) is 5.91 Å². The average molecular weight is 309 g/mol. The number of amides is 1. The summed E-state index contributed by atoms with van der Waals surface area (Å²) >= 11 is 5.81. The summed E-state index contributed by atoms with van der Waals surface area (Å²) in [6.07, 6.45) is 1.03. The number of aliphatic hydroxyl groups excluding tert-OH is 1. The molecular formula is C14H17ClN4O2. The van der Waals surface area contributed by atoms with E-state index >= 15 is 0 Å². The molecule has 2 aromatic rings. The normalized spacial score (nSPS) is 12.2. The van der Waals surface area contributed by atoms with E-state index in [-0.39, 0.29) is 5.91 Å². The fourth-order valence-electron chi connectivity index (χ4n) is 1.82. The lowest BCUT2D eigenvalue weighted by Crippen LogP contribution is -2.23. The average Bonchev–Trinajstić information content (AvgIpc) is 2.86. The van der Waals surface area contributed by atoms with E-state index in [1.165, 1.54) is 6.92 Å². The van der Waals surface area contributed by atoms with Gasteiger partial charge in [-0.2, -0.15) is 0 Å². The quantitative estimate of drug-likeness (QED) is 0.911. The van der Waals surface area contributed by atoms with Crippen LogP contribution in [0.1, 0.15) is 24.3 Å². The predicted octanol–water partition coefficient (Wildman–Crippen LogP) is 1.64. The first-order valence-corrected chi connectivity index (χ1v) is 6.87. The Morgan fingerprint density at radius 2 is 2.10 bits per heavy atom. The Hall–Kier alpha value is -1.92. The molecule has 21 heavy (non-hydrogen) atoms. The summed E-state index contributed by atoms with van der Waals surface area (Å²) in [5, 5.41) is 18.7. The summed E-state index contributed by atoms with van der Waals surface area (Å²) in [5.74, 6) is -0.0363. The van der Waals surface area contributed by atoms with Gasteiger partial charge in [0.05, 0.1) is 25.4 Å². The summed E-state index contributed by atoms with van der Waals surface area (Å²) in [4.78, 5) is 12.7. The van der Waals surface area contributed by atoms with E-state index in [1.807, 2.05) is 0 Å². The van der Waals surface area contributed by atoms with Crippen molar-refractivity contribution < 1.29 is 9.90 Å². The van der Waals surface area contributed by atoms with Crippen LogP contribution in [0.5, 0.6) is 0 Å². The van der Waals surface area contributed by atoms with Crippen molar-refractivity contribution in [2.24, 2.45) is 0 Å². The third-order valence-electron chi connectivity index (χ3n) is 3.14. The van der Waals surface area contributed by atoms with Gasteiger partial charge >= 0.3 is 0 Å². The number of halogens is 1. The molecule has 0 aliphatic heterocycles. The van der Waals surface area contributed by atoms with Crippen LogP contribution in [0, 0.1) is 0 Å². The first kappa shape index (κ1) is 15.5. The van der Waals surface area contributed by atoms with Gasteiger partial charge in [-0.05, 0) is 17.7 Å². The van der Waals surface area contributed by atoms with Gasteiger partial charge in [-0.3, -0.25) is 4.79 Å². The lowest BCUT2D eigenvalue weighted by atomic mass is 10.1. The fourth-order valence-corrected chi connectivity index (χ4v) is 1.95. The SMILES string of the molecule is CC(=O)N(C)Cc1cn(C[C@H](O)c2ccc(Cl)cc2)nn1. The minimum Gasteiger partial charge on any atom is -0.386 e. The van der Waals surface area contributed by atoms with Crippen molar-refractivity contribution in [3.63, 3.8) is 0 Å². The Bertz CT molecular complexity index is 612. The monoisotopic (exact) mass is 308 g/mol. The Morgan fingerprint density at radius 1 is 1.43 bits per heavy atom. The molecule has 0 unspecified atom stereocenters. The Morgan fingerprint density at radius 3 is 2.71 bits per heavy atom. The number of carbonyl (C=O) groups excluding carboxylic acids is 1. The highest BCUT2D eigenvalue weighted by Gasteiger charge is 2.11. The van der Waals surface area contributed by atoms with Crippen LogP contribution in [0.15, 0.2) is 30.5 Å². The standard InChI is InChI=1S/C14H17ClN4O2/c1-10(20)18(2)7-13-8-19(17-16-13)9-14(21)11-3-5-12(15)6-4-11/h3-6,8,14,21H,7,9H2,1-2H3/t14-/m0/s1. The molecule has 0 saturated heterocycles. The number of nitrogens with zero attached hydrogens (tertiary/aromatic N) is 4. The van der Waals surface area contributed by atoms with Crippen molar-refractivity contribution in [3.8, 4) is 0 Å². The van der Waals surface area contributed by atoms with Crippen LogP contribution in [-0.4, -0.2) is 38.0 Å². The highest BCUT2D eigenvalue weighted by molar-refractivity contribution is 6.30. The number of aromatic nitrogens is 3. The lowest BCUT2D eigenvalue weighted by Gasteiger charge is -2.12. The second-order valence-electron chi connectivity index (χ2n) is 4.87. The first-order valence-electron chi connectivity index (χ1n) is 6.50. The molecule has 1 aromatic heterocycles. The molecule has 0 saturated carbocycles. The minimum atomic E-state index is -0.692. The molecule has 0 fully saturated rings. The smallest absolute Gasteiger partial charge is 0.219 e. The van der Waals surface area contributed by atoms with Gasteiger partial charge in [0.1, 0.15) is 5.69 Å². The summed E-state index contributed by atoms with van der Waals surface area (Å²) in [6.45, 7) is 2.18. The van der Waals surface area contributed by atoms with Crippen LogP contribution in [-0.2, 0) is 17.9 Å². The van der Waals surface area contributed by atoms with Crippen molar-refractivity contribution in [2.75, 3.05) is 7.05 Å². The van der Waals surface area contributed by atoms with E-state index < -0.39 is 6.10 Å². The van der Waals surface area contributed by atoms with Gasteiger partial charge in [-0.15, -0.1) is 5.10 Å². The molecule has 7 heteroatoms. The number of hydrogen-bond donors (Lipinski definition) is 1. The van der Waals surface area contributed by atoms with Crippen LogP contribution in [0.3, 0.4) is 0 Å². The topological polar surface area (TPSA) is 71.2 Å². The zero-order chi connectivity index (χ0) is 15.4. The largest absolute Gasteiger partial charge is 0.386 e. The molecule has 2 rings (SSSR count). The molecule has 6 nitrogen and oxygen atoms in total. The van der Waals surface area contributed by atoms with E-state index in [1.54, 1.807) is 47.1 Å². The summed E-state index contributed by atoms with van der Waals surface area (Å²) in [7, 11) is 1.70. The van der Waals surface area contributed by atoms with Crippen molar-refractivity contribution in [3.05, 3.63) is 46.7 Å². The Labute approximate surface area is 127 Å². The molecule has 0 bridgehead atoms. The van der Waals surface area contributed by atoms with Crippen LogP contribution < -0.4 is 0 Å². The molecule has 0 radical (unpaired) electrons. The highest BCUT2D eigenvalue weighted by atomic mass is 35.5. The zero-order valence-corrected chi connectivity index (χ0v) is 12.7.